The Labute approximate surface area is 211 Å². The van der Waals surface area contributed by atoms with Gasteiger partial charge in [-0.25, -0.2) is 12.8 Å². The van der Waals surface area contributed by atoms with Crippen molar-refractivity contribution in [2.75, 3.05) is 48.2 Å². The number of carbonyl (C=O) groups is 1. The molecule has 0 spiro atoms. The Morgan fingerprint density at radius 1 is 0.972 bits per heavy atom. The number of piperazine rings is 1. The van der Waals surface area contributed by atoms with E-state index in [1.165, 1.54) is 28.6 Å². The van der Waals surface area contributed by atoms with Gasteiger partial charge in [0.05, 0.1) is 25.1 Å². The molecule has 0 aromatic heterocycles. The van der Waals surface area contributed by atoms with Crippen LogP contribution in [0.3, 0.4) is 0 Å². The highest BCUT2D eigenvalue weighted by Gasteiger charge is 2.25. The predicted octanol–water partition coefficient (Wildman–Crippen LogP) is 4.15. The smallest absolute Gasteiger partial charge is 0.253 e. The van der Waals surface area contributed by atoms with Crippen LogP contribution in [0, 0.1) is 5.82 Å². The number of ether oxygens (including phenoxy) is 1. The van der Waals surface area contributed by atoms with Crippen molar-refractivity contribution >= 4 is 27.3 Å². The Bertz CT molecular complexity index is 1290. The van der Waals surface area contributed by atoms with Crippen LogP contribution < -0.4 is 13.9 Å². The minimum Gasteiger partial charge on any atom is -0.494 e. The van der Waals surface area contributed by atoms with Crippen LogP contribution in [0.25, 0.3) is 0 Å². The van der Waals surface area contributed by atoms with Gasteiger partial charge in [-0.05, 0) is 61.5 Å². The zero-order valence-electron chi connectivity index (χ0n) is 20.4. The molecule has 0 unspecified atom stereocenters. The number of sulfonamides is 1. The number of halogens is 1. The summed E-state index contributed by atoms with van der Waals surface area (Å²) < 4.78 is 45.6. The molecule has 1 fully saturated rings. The molecule has 3 aromatic rings. The normalized spacial score (nSPS) is 14.0. The summed E-state index contributed by atoms with van der Waals surface area (Å²) in [6.07, 6.45) is 1.10. The van der Waals surface area contributed by atoms with Crippen molar-refractivity contribution in [3.8, 4) is 5.75 Å². The predicted molar refractivity (Wildman–Crippen MR) is 140 cm³/mol. The summed E-state index contributed by atoms with van der Waals surface area (Å²) >= 11 is 0. The molecular formula is C27H30FN3O4S. The quantitative estimate of drug-likeness (QED) is 0.454. The summed E-state index contributed by atoms with van der Waals surface area (Å²) in [5.41, 5.74) is 2.49. The molecule has 7 nitrogen and oxygen atoms in total. The topological polar surface area (TPSA) is 70.2 Å². The van der Waals surface area contributed by atoms with E-state index in [9.17, 15) is 17.6 Å². The average Bonchev–Trinajstić information content (AvgIpc) is 2.88. The molecule has 3 aromatic carbocycles. The summed E-state index contributed by atoms with van der Waals surface area (Å²) in [7, 11) is -3.69. The number of anilines is 2. The van der Waals surface area contributed by atoms with Gasteiger partial charge in [0, 0.05) is 43.0 Å². The molecule has 190 valence electrons. The number of rotatable bonds is 8. The van der Waals surface area contributed by atoms with Gasteiger partial charge in [-0.2, -0.15) is 0 Å². The maximum Gasteiger partial charge on any atom is 0.253 e. The number of hydrogen-bond donors (Lipinski definition) is 0. The fourth-order valence-electron chi connectivity index (χ4n) is 4.28. The molecular weight excluding hydrogens is 481 g/mol. The summed E-state index contributed by atoms with van der Waals surface area (Å²) in [6, 6.07) is 20.5. The van der Waals surface area contributed by atoms with Crippen LogP contribution in [-0.4, -0.2) is 58.3 Å². The van der Waals surface area contributed by atoms with Crippen molar-refractivity contribution in [1.82, 2.24) is 4.90 Å². The second-order valence-corrected chi connectivity index (χ2v) is 10.5. The number of hydrogen-bond acceptors (Lipinski definition) is 5. The standard InChI is InChI=1S/C27H30FN3O4S/c1-3-35-26-14-9-21(27(32)30-17-15-29(16-18-30)24-7-5-4-6-8-24)19-22(26)20-31(36(2,33)34)25-12-10-23(28)11-13-25/h4-14,19H,3,15-18,20H2,1-2H3. The summed E-state index contributed by atoms with van der Waals surface area (Å²) in [5, 5.41) is 0. The maximum atomic E-state index is 13.4. The third-order valence-electron chi connectivity index (χ3n) is 6.12. The Morgan fingerprint density at radius 2 is 1.64 bits per heavy atom. The van der Waals surface area contributed by atoms with Crippen molar-refractivity contribution in [3.05, 3.63) is 89.7 Å². The maximum absolute atomic E-state index is 13.4. The molecule has 1 saturated heterocycles. The third-order valence-corrected chi connectivity index (χ3v) is 7.26. The van der Waals surface area contributed by atoms with Crippen LogP contribution in [0.1, 0.15) is 22.8 Å². The fraction of sp³-hybridized carbons (Fsp3) is 0.296. The molecule has 0 bridgehead atoms. The Morgan fingerprint density at radius 3 is 2.25 bits per heavy atom. The fourth-order valence-corrected chi connectivity index (χ4v) is 5.16. The van der Waals surface area contributed by atoms with Crippen molar-refractivity contribution in [2.24, 2.45) is 0 Å². The zero-order chi connectivity index (χ0) is 25.7. The first-order chi connectivity index (χ1) is 17.3. The van der Waals surface area contributed by atoms with E-state index in [0.717, 1.165) is 25.0 Å². The largest absolute Gasteiger partial charge is 0.494 e. The average molecular weight is 512 g/mol. The van der Waals surface area contributed by atoms with E-state index in [4.69, 9.17) is 4.74 Å². The van der Waals surface area contributed by atoms with Gasteiger partial charge < -0.3 is 14.5 Å². The van der Waals surface area contributed by atoms with Gasteiger partial charge in [0.1, 0.15) is 11.6 Å². The van der Waals surface area contributed by atoms with Gasteiger partial charge in [0.2, 0.25) is 10.0 Å². The van der Waals surface area contributed by atoms with Crippen LogP contribution in [0.5, 0.6) is 5.75 Å². The highest BCUT2D eigenvalue weighted by Crippen LogP contribution is 2.28. The van der Waals surface area contributed by atoms with Crippen LogP contribution in [0.4, 0.5) is 15.8 Å². The molecule has 0 aliphatic carbocycles. The van der Waals surface area contributed by atoms with Crippen molar-refractivity contribution < 1.29 is 22.3 Å². The molecule has 1 heterocycles. The van der Waals surface area contributed by atoms with Crippen molar-refractivity contribution in [2.45, 2.75) is 13.5 Å². The second kappa shape index (κ2) is 11.0. The van der Waals surface area contributed by atoms with Crippen LogP contribution in [0.2, 0.25) is 0 Å². The first-order valence-corrected chi connectivity index (χ1v) is 13.7. The molecule has 1 aliphatic rings. The second-order valence-electron chi connectivity index (χ2n) is 8.62. The Kier molecular flexibility index (Phi) is 7.79. The van der Waals surface area contributed by atoms with E-state index < -0.39 is 15.8 Å². The minimum atomic E-state index is -3.69. The molecule has 36 heavy (non-hydrogen) atoms. The van der Waals surface area contributed by atoms with Gasteiger partial charge in [-0.15, -0.1) is 0 Å². The summed E-state index contributed by atoms with van der Waals surface area (Å²) in [4.78, 5) is 17.4. The minimum absolute atomic E-state index is 0.0529. The summed E-state index contributed by atoms with van der Waals surface area (Å²) in [6.45, 7) is 4.80. The summed E-state index contributed by atoms with van der Waals surface area (Å²) in [5.74, 6) is -0.0689. The highest BCUT2D eigenvalue weighted by atomic mass is 32.2. The first kappa shape index (κ1) is 25.5. The number of carbonyl (C=O) groups excluding carboxylic acids is 1. The van der Waals surface area contributed by atoms with E-state index in [1.54, 1.807) is 18.2 Å². The lowest BCUT2D eigenvalue weighted by Crippen LogP contribution is -2.48. The molecule has 1 amide bonds. The first-order valence-electron chi connectivity index (χ1n) is 11.8. The van der Waals surface area contributed by atoms with Gasteiger partial charge in [-0.3, -0.25) is 9.10 Å². The lowest BCUT2D eigenvalue weighted by molar-refractivity contribution is 0.0746. The van der Waals surface area contributed by atoms with Gasteiger partial charge in [0.25, 0.3) is 5.91 Å². The van der Waals surface area contributed by atoms with Gasteiger partial charge >= 0.3 is 0 Å². The number of nitrogens with zero attached hydrogens (tertiary/aromatic N) is 3. The van der Waals surface area contributed by atoms with Crippen LogP contribution >= 0.6 is 0 Å². The van der Waals surface area contributed by atoms with E-state index >= 15 is 0 Å². The van der Waals surface area contributed by atoms with E-state index in [2.05, 4.69) is 17.0 Å². The van der Waals surface area contributed by atoms with E-state index in [0.29, 0.717) is 42.3 Å². The number of benzene rings is 3. The highest BCUT2D eigenvalue weighted by molar-refractivity contribution is 7.92. The van der Waals surface area contributed by atoms with Crippen molar-refractivity contribution in [1.29, 1.82) is 0 Å². The number of amides is 1. The molecule has 4 rings (SSSR count). The van der Waals surface area contributed by atoms with Crippen LogP contribution in [-0.2, 0) is 16.6 Å². The molecule has 0 N–H and O–H groups in total. The zero-order valence-corrected chi connectivity index (χ0v) is 21.2. The SMILES string of the molecule is CCOc1ccc(C(=O)N2CCN(c3ccccc3)CC2)cc1CN(c1ccc(F)cc1)S(C)(=O)=O. The van der Waals surface area contributed by atoms with Crippen LogP contribution in [0.15, 0.2) is 72.8 Å². The monoisotopic (exact) mass is 511 g/mol. The molecule has 0 atom stereocenters. The Hall–Kier alpha value is -3.59. The Balaban J connectivity index is 1.56. The van der Waals surface area contributed by atoms with E-state index in [1.807, 2.05) is 30.0 Å². The molecule has 1 aliphatic heterocycles. The lowest BCUT2D eigenvalue weighted by atomic mass is 10.1. The molecule has 0 saturated carbocycles. The van der Waals surface area contributed by atoms with Gasteiger partial charge in [0.15, 0.2) is 0 Å². The number of para-hydroxylation sites is 1. The van der Waals surface area contributed by atoms with Crippen molar-refractivity contribution in [3.63, 3.8) is 0 Å². The lowest BCUT2D eigenvalue weighted by Gasteiger charge is -2.36. The third kappa shape index (κ3) is 5.96. The molecule has 9 heteroatoms. The van der Waals surface area contributed by atoms with E-state index in [-0.39, 0.29) is 12.5 Å². The molecule has 0 radical (unpaired) electrons. The van der Waals surface area contributed by atoms with Gasteiger partial charge in [-0.1, -0.05) is 18.2 Å².